The van der Waals surface area contributed by atoms with Crippen LogP contribution in [-0.2, 0) is 19.9 Å². The zero-order valence-corrected chi connectivity index (χ0v) is 11.0. The van der Waals surface area contributed by atoms with Crippen molar-refractivity contribution in [1.29, 1.82) is 0 Å². The predicted molar refractivity (Wildman–Crippen MR) is 65.9 cm³/mol. The van der Waals surface area contributed by atoms with Crippen molar-refractivity contribution in [2.24, 2.45) is 7.05 Å². The molecule has 2 aromatic rings. The van der Waals surface area contributed by atoms with Gasteiger partial charge in [0.2, 0.25) is 0 Å². The van der Waals surface area contributed by atoms with Crippen LogP contribution in [0, 0.1) is 6.92 Å². The number of hydrogen-bond donors (Lipinski definition) is 1. The molecule has 2 aromatic heterocycles. The van der Waals surface area contributed by atoms with Crippen molar-refractivity contribution >= 4 is 11.3 Å². The van der Waals surface area contributed by atoms with E-state index in [9.17, 15) is 0 Å². The molecule has 0 saturated carbocycles. The van der Waals surface area contributed by atoms with Gasteiger partial charge < -0.3 is 5.32 Å². The summed E-state index contributed by atoms with van der Waals surface area (Å²) >= 11 is 1.68. The van der Waals surface area contributed by atoms with Crippen LogP contribution in [0.5, 0.6) is 0 Å². The van der Waals surface area contributed by atoms with Crippen molar-refractivity contribution in [3.63, 3.8) is 0 Å². The molecule has 0 aromatic carbocycles. The summed E-state index contributed by atoms with van der Waals surface area (Å²) in [6.45, 7) is 2.02. The van der Waals surface area contributed by atoms with Gasteiger partial charge in [0, 0.05) is 24.3 Å². The Bertz CT molecular complexity index is 434. The molecular formula is C10H16N6S. The van der Waals surface area contributed by atoms with E-state index in [0.29, 0.717) is 6.04 Å². The number of nitrogens with zero attached hydrogens (tertiary/aromatic N) is 5. The Balaban J connectivity index is 1.97. The van der Waals surface area contributed by atoms with Gasteiger partial charge in [0.1, 0.15) is 0 Å². The molecule has 0 radical (unpaired) electrons. The molecule has 6 nitrogen and oxygen atoms in total. The Morgan fingerprint density at radius 2 is 2.29 bits per heavy atom. The zero-order valence-electron chi connectivity index (χ0n) is 10.2. The van der Waals surface area contributed by atoms with Gasteiger partial charge in [-0.1, -0.05) is 0 Å². The number of nitrogens with one attached hydrogen (secondary N) is 1. The first kappa shape index (κ1) is 12.1. The molecule has 0 bridgehead atoms. The van der Waals surface area contributed by atoms with Gasteiger partial charge in [-0.15, -0.1) is 21.5 Å². The molecule has 0 amide bonds. The Morgan fingerprint density at radius 1 is 1.47 bits per heavy atom. The van der Waals surface area contributed by atoms with Crippen LogP contribution in [0.3, 0.4) is 0 Å². The summed E-state index contributed by atoms with van der Waals surface area (Å²) in [6, 6.07) is 0.292. The highest BCUT2D eigenvalue weighted by Gasteiger charge is 2.13. The van der Waals surface area contributed by atoms with Crippen molar-refractivity contribution in [2.45, 2.75) is 25.8 Å². The average molecular weight is 252 g/mol. The Labute approximate surface area is 104 Å². The Kier molecular flexibility index (Phi) is 3.80. The zero-order chi connectivity index (χ0) is 12.3. The monoisotopic (exact) mass is 252 g/mol. The maximum Gasteiger partial charge on any atom is 0.176 e. The minimum Gasteiger partial charge on any atom is -0.316 e. The molecule has 1 unspecified atom stereocenters. The van der Waals surface area contributed by atoms with E-state index in [1.807, 2.05) is 14.0 Å². The van der Waals surface area contributed by atoms with E-state index in [-0.39, 0.29) is 0 Å². The highest BCUT2D eigenvalue weighted by molar-refractivity contribution is 7.09. The van der Waals surface area contributed by atoms with Crippen molar-refractivity contribution in [3.8, 4) is 0 Å². The van der Waals surface area contributed by atoms with Crippen LogP contribution in [0.4, 0.5) is 0 Å². The van der Waals surface area contributed by atoms with Crippen LogP contribution in [-0.4, -0.2) is 38.3 Å². The lowest BCUT2D eigenvalue weighted by Gasteiger charge is -2.12. The van der Waals surface area contributed by atoms with E-state index >= 15 is 0 Å². The minimum absolute atomic E-state index is 0.292. The third-order valence-electron chi connectivity index (χ3n) is 2.51. The Morgan fingerprint density at radius 3 is 2.82 bits per heavy atom. The number of rotatable bonds is 5. The van der Waals surface area contributed by atoms with E-state index in [2.05, 4.69) is 31.1 Å². The van der Waals surface area contributed by atoms with Crippen molar-refractivity contribution in [3.05, 3.63) is 21.9 Å². The number of thiazole rings is 1. The van der Waals surface area contributed by atoms with Crippen LogP contribution in [0.1, 0.15) is 16.5 Å². The third-order valence-corrected chi connectivity index (χ3v) is 3.33. The molecular weight excluding hydrogens is 236 g/mol. The summed E-state index contributed by atoms with van der Waals surface area (Å²) in [5.74, 6) is 0.763. The van der Waals surface area contributed by atoms with Gasteiger partial charge in [0.15, 0.2) is 5.82 Å². The molecule has 1 atom stereocenters. The molecule has 2 rings (SSSR count). The molecule has 0 aliphatic heterocycles. The average Bonchev–Trinajstić information content (AvgIpc) is 2.87. The third kappa shape index (κ3) is 3.31. The van der Waals surface area contributed by atoms with E-state index in [0.717, 1.165) is 29.4 Å². The molecule has 0 aliphatic rings. The summed E-state index contributed by atoms with van der Waals surface area (Å²) in [4.78, 5) is 5.94. The number of hydrogen-bond acceptors (Lipinski definition) is 6. The maximum absolute atomic E-state index is 4.46. The molecule has 2 heterocycles. The van der Waals surface area contributed by atoms with Crippen LogP contribution in [0.25, 0.3) is 0 Å². The lowest BCUT2D eigenvalue weighted by Crippen LogP contribution is -2.30. The van der Waals surface area contributed by atoms with Gasteiger partial charge in [-0.3, -0.25) is 0 Å². The molecule has 0 saturated heterocycles. The summed E-state index contributed by atoms with van der Waals surface area (Å²) in [7, 11) is 3.72. The fraction of sp³-hybridized carbons (Fsp3) is 0.600. The topological polar surface area (TPSA) is 68.5 Å². The highest BCUT2D eigenvalue weighted by Crippen LogP contribution is 2.11. The van der Waals surface area contributed by atoms with Gasteiger partial charge >= 0.3 is 0 Å². The van der Waals surface area contributed by atoms with Gasteiger partial charge in [0.25, 0.3) is 0 Å². The summed E-state index contributed by atoms with van der Waals surface area (Å²) in [5, 5.41) is 18.5. The first-order valence-corrected chi connectivity index (χ1v) is 6.36. The second-order valence-electron chi connectivity index (χ2n) is 3.95. The van der Waals surface area contributed by atoms with Crippen LogP contribution < -0.4 is 5.32 Å². The van der Waals surface area contributed by atoms with Gasteiger partial charge in [0.05, 0.1) is 17.7 Å². The van der Waals surface area contributed by atoms with Crippen LogP contribution in [0.15, 0.2) is 5.38 Å². The first-order chi connectivity index (χ1) is 8.17. The Hall–Kier alpha value is -1.34. The molecule has 7 heteroatoms. The van der Waals surface area contributed by atoms with Gasteiger partial charge in [-0.2, -0.15) is 4.80 Å². The van der Waals surface area contributed by atoms with Crippen molar-refractivity contribution in [2.75, 3.05) is 7.05 Å². The van der Waals surface area contributed by atoms with Crippen LogP contribution in [0.2, 0.25) is 0 Å². The van der Waals surface area contributed by atoms with Crippen molar-refractivity contribution < 1.29 is 0 Å². The molecule has 0 fully saturated rings. The maximum atomic E-state index is 4.46. The normalized spacial score (nSPS) is 12.9. The predicted octanol–water partition coefficient (Wildman–Crippen LogP) is 0.348. The lowest BCUT2D eigenvalue weighted by atomic mass is 10.1. The summed E-state index contributed by atoms with van der Waals surface area (Å²) < 4.78 is 0. The fourth-order valence-electron chi connectivity index (χ4n) is 1.66. The number of aromatic nitrogens is 5. The largest absolute Gasteiger partial charge is 0.316 e. The van der Waals surface area contributed by atoms with E-state index in [1.54, 1.807) is 18.4 Å². The standard InChI is InChI=1S/C10H16N6S/c1-7-12-9(6-17-7)4-8(11-2)5-10-13-15-16(3)14-10/h6,8,11H,4-5H2,1-3H3. The second-order valence-corrected chi connectivity index (χ2v) is 5.01. The van der Waals surface area contributed by atoms with Gasteiger partial charge in [-0.25, -0.2) is 4.98 Å². The lowest BCUT2D eigenvalue weighted by molar-refractivity contribution is 0.535. The number of aryl methyl sites for hydroxylation is 2. The van der Waals surface area contributed by atoms with E-state index < -0.39 is 0 Å². The minimum atomic E-state index is 0.292. The SMILES string of the molecule is CNC(Cc1csc(C)n1)Cc1nnn(C)n1. The van der Waals surface area contributed by atoms with Crippen LogP contribution >= 0.6 is 11.3 Å². The molecule has 92 valence electrons. The summed E-state index contributed by atoms with van der Waals surface area (Å²) in [6.07, 6.45) is 1.65. The number of tetrazole rings is 1. The molecule has 17 heavy (non-hydrogen) atoms. The summed E-state index contributed by atoms with van der Waals surface area (Å²) in [5.41, 5.74) is 1.12. The van der Waals surface area contributed by atoms with Crippen molar-refractivity contribution in [1.82, 2.24) is 30.5 Å². The van der Waals surface area contributed by atoms with Gasteiger partial charge in [-0.05, 0) is 19.2 Å². The van der Waals surface area contributed by atoms with E-state index in [4.69, 9.17) is 0 Å². The second kappa shape index (κ2) is 5.33. The first-order valence-electron chi connectivity index (χ1n) is 5.48. The quantitative estimate of drug-likeness (QED) is 0.831. The molecule has 0 aliphatic carbocycles. The highest BCUT2D eigenvalue weighted by atomic mass is 32.1. The molecule has 1 N–H and O–H groups in total. The molecule has 0 spiro atoms. The number of likely N-dealkylation sites (N-methyl/N-ethyl adjacent to an activating group) is 1. The fourth-order valence-corrected chi connectivity index (χ4v) is 2.28. The smallest absolute Gasteiger partial charge is 0.176 e. The van der Waals surface area contributed by atoms with E-state index in [1.165, 1.54) is 4.80 Å².